The minimum Gasteiger partial charge on any atom is -0.483 e. The lowest BCUT2D eigenvalue weighted by molar-refractivity contribution is -0.122. The second kappa shape index (κ2) is 18.0. The van der Waals surface area contributed by atoms with Crippen molar-refractivity contribution in [2.45, 2.75) is 66.9 Å². The Morgan fingerprint density at radius 1 is 1.09 bits per heavy atom. The number of hydrogen-bond acceptors (Lipinski definition) is 5. The van der Waals surface area contributed by atoms with Crippen molar-refractivity contribution in [1.29, 1.82) is 0 Å². The summed E-state index contributed by atoms with van der Waals surface area (Å²) >= 11 is 0. The molecule has 0 radical (unpaired) electrons. The largest absolute Gasteiger partial charge is 0.483 e. The maximum Gasteiger partial charge on any atom is 0.410 e. The molecule has 34 heavy (non-hydrogen) atoms. The zero-order valence-electron chi connectivity index (χ0n) is 22.0. The number of hydrogen-bond donors (Lipinski definition) is 1. The summed E-state index contributed by atoms with van der Waals surface area (Å²) in [5.41, 5.74) is 1.54. The number of amides is 1. The van der Waals surface area contributed by atoms with E-state index in [2.05, 4.69) is 32.7 Å². The first-order valence-corrected chi connectivity index (χ1v) is 12.4. The van der Waals surface area contributed by atoms with Gasteiger partial charge in [0.25, 0.3) is 6.47 Å². The predicted octanol–water partition coefficient (Wildman–Crippen LogP) is 5.34. The van der Waals surface area contributed by atoms with Gasteiger partial charge in [-0.25, -0.2) is 4.79 Å². The van der Waals surface area contributed by atoms with E-state index in [1.807, 2.05) is 44.2 Å². The molecule has 1 amide bonds. The highest BCUT2D eigenvalue weighted by molar-refractivity contribution is 5.67. The van der Waals surface area contributed by atoms with Gasteiger partial charge in [0.1, 0.15) is 12.9 Å². The van der Waals surface area contributed by atoms with Crippen molar-refractivity contribution in [2.75, 3.05) is 33.2 Å². The van der Waals surface area contributed by atoms with Crippen LogP contribution in [0, 0.1) is 17.3 Å². The van der Waals surface area contributed by atoms with Crippen molar-refractivity contribution in [1.82, 2.24) is 9.80 Å². The van der Waals surface area contributed by atoms with Crippen molar-refractivity contribution < 1.29 is 24.2 Å². The summed E-state index contributed by atoms with van der Waals surface area (Å²) in [4.78, 5) is 34.8. The Morgan fingerprint density at radius 2 is 1.62 bits per heavy atom. The van der Waals surface area contributed by atoms with Crippen LogP contribution in [0.1, 0.15) is 65.9 Å². The van der Waals surface area contributed by atoms with Gasteiger partial charge in [0.15, 0.2) is 0 Å². The summed E-state index contributed by atoms with van der Waals surface area (Å²) in [6.07, 6.45) is 4.24. The van der Waals surface area contributed by atoms with E-state index < -0.39 is 0 Å². The van der Waals surface area contributed by atoms with Gasteiger partial charge in [-0.3, -0.25) is 4.79 Å². The second-order valence-corrected chi connectivity index (χ2v) is 9.60. The van der Waals surface area contributed by atoms with Gasteiger partial charge in [-0.05, 0) is 49.1 Å². The first kappa shape index (κ1) is 31.6. The Labute approximate surface area is 206 Å². The van der Waals surface area contributed by atoms with Gasteiger partial charge >= 0.3 is 6.09 Å². The molecule has 0 atom stereocenters. The fourth-order valence-corrected chi connectivity index (χ4v) is 3.77. The quantitative estimate of drug-likeness (QED) is 0.575. The maximum absolute atomic E-state index is 11.9. The molecule has 0 saturated carbocycles. The zero-order chi connectivity index (χ0) is 26.0. The van der Waals surface area contributed by atoms with Crippen LogP contribution in [0.25, 0.3) is 0 Å². The summed E-state index contributed by atoms with van der Waals surface area (Å²) < 4.78 is 5.31. The third-order valence-corrected chi connectivity index (χ3v) is 6.06. The van der Waals surface area contributed by atoms with Crippen molar-refractivity contribution in [2.24, 2.45) is 17.3 Å². The van der Waals surface area contributed by atoms with Crippen LogP contribution < -0.4 is 0 Å². The molecule has 0 unspecified atom stereocenters. The summed E-state index contributed by atoms with van der Waals surface area (Å²) in [5, 5.41) is 6.89. The number of rotatable bonds is 5. The number of carboxylic acid groups (broad SMARTS) is 1. The van der Waals surface area contributed by atoms with E-state index in [0.29, 0.717) is 24.4 Å². The molecule has 2 heterocycles. The highest BCUT2D eigenvalue weighted by Crippen LogP contribution is 2.32. The van der Waals surface area contributed by atoms with Crippen LogP contribution >= 0.6 is 0 Å². The number of benzene rings is 1. The Bertz CT molecular complexity index is 661. The molecule has 0 aromatic heterocycles. The van der Waals surface area contributed by atoms with Crippen molar-refractivity contribution in [3.63, 3.8) is 0 Å². The van der Waals surface area contributed by atoms with Crippen LogP contribution in [-0.4, -0.2) is 67.0 Å². The van der Waals surface area contributed by atoms with Gasteiger partial charge in [-0.1, -0.05) is 65.0 Å². The Balaban J connectivity index is 0.000000645. The average molecular weight is 479 g/mol. The minimum absolute atomic E-state index is 0.234. The lowest BCUT2D eigenvalue weighted by Crippen LogP contribution is -2.49. The molecular formula is C27H46N2O5. The number of carbonyl (C=O) groups excluding carboxylic acids is 2. The Morgan fingerprint density at radius 3 is 2.03 bits per heavy atom. The molecule has 0 aliphatic carbocycles. The van der Waals surface area contributed by atoms with E-state index >= 15 is 0 Å². The molecule has 194 valence electrons. The summed E-state index contributed by atoms with van der Waals surface area (Å²) in [6.45, 7) is 15.1. The lowest BCUT2D eigenvalue weighted by atomic mass is 9.76. The van der Waals surface area contributed by atoms with E-state index in [9.17, 15) is 9.59 Å². The number of aldehydes is 1. The molecule has 1 aromatic carbocycles. The number of ether oxygens (including phenoxy) is 1. The number of nitrogens with zero attached hydrogens (tertiary/aromatic N) is 2. The van der Waals surface area contributed by atoms with Gasteiger partial charge in [0.2, 0.25) is 0 Å². The van der Waals surface area contributed by atoms with Crippen LogP contribution in [0.4, 0.5) is 4.79 Å². The number of likely N-dealkylation sites (tertiary alicyclic amines) is 2. The smallest absolute Gasteiger partial charge is 0.410 e. The van der Waals surface area contributed by atoms with E-state index in [1.54, 1.807) is 4.90 Å². The molecule has 0 bridgehead atoms. The molecule has 7 nitrogen and oxygen atoms in total. The Kier molecular flexibility index (Phi) is 16.7. The first-order chi connectivity index (χ1) is 16.2. The topological polar surface area (TPSA) is 87.2 Å². The molecule has 2 saturated heterocycles. The van der Waals surface area contributed by atoms with Crippen molar-refractivity contribution >= 4 is 18.9 Å². The maximum atomic E-state index is 11.9. The van der Waals surface area contributed by atoms with Crippen molar-refractivity contribution in [3.05, 3.63) is 35.9 Å². The molecule has 1 aromatic rings. The molecule has 2 aliphatic rings. The highest BCUT2D eigenvalue weighted by atomic mass is 16.6. The zero-order valence-corrected chi connectivity index (χ0v) is 22.0. The normalized spacial score (nSPS) is 16.2. The fraction of sp³-hybridized carbons (Fsp3) is 0.667. The number of piperidine rings is 1. The predicted molar refractivity (Wildman–Crippen MR) is 137 cm³/mol. The molecule has 3 rings (SSSR count). The van der Waals surface area contributed by atoms with Gasteiger partial charge in [0, 0.05) is 32.6 Å². The van der Waals surface area contributed by atoms with Gasteiger partial charge in [-0.15, -0.1) is 0 Å². The van der Waals surface area contributed by atoms with E-state index in [1.165, 1.54) is 13.1 Å². The summed E-state index contributed by atoms with van der Waals surface area (Å²) in [5.74, 6) is 1.50. The van der Waals surface area contributed by atoms with E-state index in [-0.39, 0.29) is 12.6 Å². The van der Waals surface area contributed by atoms with Crippen LogP contribution in [0.15, 0.2) is 30.3 Å². The molecule has 2 aliphatic heterocycles. The first-order valence-electron chi connectivity index (χ1n) is 12.4. The standard InChI is InChI=1S/C16H21NO3.C8H17N.C2H6.CH2O2/c18-12-4-7-14-8-10-17(11-9-14)16(19)20-13-15-5-2-1-3-6-15;1-8(2,3)7-5-9(4)6-7;1-2;2-1-3/h1-3,5-6,12,14H,4,7-11,13H2;7H,5-6H2,1-4H3;1-2H3;1H,(H,2,3). The monoisotopic (exact) mass is 478 g/mol. The molecule has 1 N–H and O–H groups in total. The average Bonchev–Trinajstić information content (AvgIpc) is 2.82. The minimum atomic E-state index is -0.250. The third-order valence-electron chi connectivity index (χ3n) is 6.06. The van der Waals surface area contributed by atoms with Crippen molar-refractivity contribution in [3.8, 4) is 0 Å². The van der Waals surface area contributed by atoms with Crippen LogP contribution in [-0.2, 0) is 20.9 Å². The van der Waals surface area contributed by atoms with Crippen LogP contribution in [0.5, 0.6) is 0 Å². The Hall–Kier alpha value is -2.41. The summed E-state index contributed by atoms with van der Waals surface area (Å²) in [7, 11) is 2.18. The van der Waals surface area contributed by atoms with Gasteiger partial charge < -0.3 is 24.4 Å². The second-order valence-electron chi connectivity index (χ2n) is 9.60. The summed E-state index contributed by atoms with van der Waals surface area (Å²) in [6, 6.07) is 9.69. The van der Waals surface area contributed by atoms with Gasteiger partial charge in [-0.2, -0.15) is 0 Å². The van der Waals surface area contributed by atoms with E-state index in [4.69, 9.17) is 14.6 Å². The van der Waals surface area contributed by atoms with Crippen LogP contribution in [0.2, 0.25) is 0 Å². The van der Waals surface area contributed by atoms with E-state index in [0.717, 1.165) is 50.1 Å². The molecule has 7 heteroatoms. The van der Waals surface area contributed by atoms with Gasteiger partial charge in [0.05, 0.1) is 0 Å². The lowest BCUT2D eigenvalue weighted by Gasteiger charge is -2.44. The fourth-order valence-electron chi connectivity index (χ4n) is 3.77. The third kappa shape index (κ3) is 13.3. The number of carbonyl (C=O) groups is 3. The molecule has 2 fully saturated rings. The van der Waals surface area contributed by atoms with Crippen LogP contribution in [0.3, 0.4) is 0 Å². The highest BCUT2D eigenvalue weighted by Gasteiger charge is 2.33. The molecule has 0 spiro atoms. The molecular weight excluding hydrogens is 432 g/mol. The SMILES string of the molecule is CC.CN1CC(C(C)(C)C)C1.O=CCCC1CCN(C(=O)OCc2ccccc2)CC1.O=CO.